The normalized spacial score (nSPS) is 19.4. The number of ether oxygens (including phenoxy) is 1. The molecule has 1 atom stereocenters. The third-order valence-electron chi connectivity index (χ3n) is 8.70. The van der Waals surface area contributed by atoms with Crippen molar-refractivity contribution in [3.05, 3.63) is 69.0 Å². The van der Waals surface area contributed by atoms with Gasteiger partial charge in [-0.25, -0.2) is 4.98 Å². The van der Waals surface area contributed by atoms with Crippen LogP contribution in [0.15, 0.2) is 39.7 Å². The summed E-state index contributed by atoms with van der Waals surface area (Å²) < 4.78 is 13.2. The number of fused-ring (bicyclic) bond motifs is 2. The molecule has 0 radical (unpaired) electrons. The molecule has 0 spiro atoms. The lowest BCUT2D eigenvalue weighted by Crippen LogP contribution is -2.41. The molecule has 3 aliphatic heterocycles. The number of aromatic nitrogens is 3. The van der Waals surface area contributed by atoms with Crippen LogP contribution >= 0.6 is 0 Å². The smallest absolute Gasteiger partial charge is 0.257 e. The zero-order chi connectivity index (χ0) is 30.1. The number of carbonyl (C=O) groups excluding carboxylic acids is 3. The predicted molar refractivity (Wildman–Crippen MR) is 156 cm³/mol. The van der Waals surface area contributed by atoms with E-state index in [0.717, 1.165) is 83.7 Å². The second-order valence-corrected chi connectivity index (χ2v) is 11.6. The van der Waals surface area contributed by atoms with Crippen molar-refractivity contribution in [3.8, 4) is 0 Å². The van der Waals surface area contributed by atoms with Crippen LogP contribution in [0.1, 0.15) is 66.0 Å². The second kappa shape index (κ2) is 12.2. The monoisotopic (exact) mass is 588 g/mol. The van der Waals surface area contributed by atoms with Crippen LogP contribution < -0.4 is 10.9 Å². The molecular weight excluding hydrogens is 552 g/mol. The lowest BCUT2D eigenvalue weighted by Gasteiger charge is -2.31. The van der Waals surface area contributed by atoms with Gasteiger partial charge in [0.05, 0.1) is 5.69 Å². The van der Waals surface area contributed by atoms with Gasteiger partial charge in [0.25, 0.3) is 17.4 Å². The summed E-state index contributed by atoms with van der Waals surface area (Å²) >= 11 is 0. The second-order valence-electron chi connectivity index (χ2n) is 11.6. The third-order valence-corrected chi connectivity index (χ3v) is 8.70. The number of benzene rings is 1. The van der Waals surface area contributed by atoms with E-state index in [-0.39, 0.29) is 18.8 Å². The van der Waals surface area contributed by atoms with Crippen LogP contribution in [0.5, 0.6) is 0 Å². The lowest BCUT2D eigenvalue weighted by atomic mass is 9.91. The number of aryl methyl sites for hydroxylation is 2. The predicted octanol–water partition coefficient (Wildman–Crippen LogP) is 2.27. The van der Waals surface area contributed by atoms with Gasteiger partial charge in [0.2, 0.25) is 5.91 Å². The molecule has 1 fully saturated rings. The van der Waals surface area contributed by atoms with E-state index in [9.17, 15) is 19.2 Å². The Kier molecular flexibility index (Phi) is 8.22. The van der Waals surface area contributed by atoms with Gasteiger partial charge >= 0.3 is 0 Å². The number of nitrogens with one attached hydrogen (secondary N) is 1. The van der Waals surface area contributed by atoms with Crippen LogP contribution in [0, 0.1) is 13.8 Å². The molecule has 3 aliphatic rings. The fraction of sp³-hybridized carbons (Fsp3) is 0.484. The molecule has 1 N–H and O–H groups in total. The highest BCUT2D eigenvalue weighted by Crippen LogP contribution is 2.33. The van der Waals surface area contributed by atoms with Gasteiger partial charge in [-0.05, 0) is 76.7 Å². The molecule has 0 saturated carbocycles. The molecule has 3 amide bonds. The minimum absolute atomic E-state index is 0.0300. The van der Waals surface area contributed by atoms with Crippen LogP contribution in [0.4, 0.5) is 0 Å². The summed E-state index contributed by atoms with van der Waals surface area (Å²) in [7, 11) is 0. The maximum absolute atomic E-state index is 13.5. The van der Waals surface area contributed by atoms with E-state index < -0.39 is 23.8 Å². The lowest BCUT2D eigenvalue weighted by molar-refractivity contribution is -0.141. The quantitative estimate of drug-likeness (QED) is 0.295. The van der Waals surface area contributed by atoms with E-state index in [2.05, 4.69) is 27.5 Å². The van der Waals surface area contributed by atoms with Crippen LogP contribution in [0.2, 0.25) is 0 Å². The Morgan fingerprint density at radius 1 is 1.07 bits per heavy atom. The van der Waals surface area contributed by atoms with E-state index in [1.165, 1.54) is 0 Å². The fourth-order valence-corrected chi connectivity index (χ4v) is 6.26. The SMILES string of the molecule is Cc1ccc2c(C3CCN(CCc4c(C)nc5n(c4=O)CCCC5OCNC(=O)CN4C(=O)C=CC4=O)CC3)noc2c1. The molecule has 0 bridgehead atoms. The van der Waals surface area contributed by atoms with Gasteiger partial charge in [-0.1, -0.05) is 11.2 Å². The molecule has 12 heteroatoms. The zero-order valence-corrected chi connectivity index (χ0v) is 24.5. The van der Waals surface area contributed by atoms with Crippen molar-refractivity contribution >= 4 is 28.7 Å². The van der Waals surface area contributed by atoms with Crippen LogP contribution in [0.3, 0.4) is 0 Å². The minimum atomic E-state index is -0.517. The Hall–Kier alpha value is -4.16. The fourth-order valence-electron chi connectivity index (χ4n) is 6.26. The number of hydrogen-bond donors (Lipinski definition) is 1. The minimum Gasteiger partial charge on any atom is -0.356 e. The van der Waals surface area contributed by atoms with Gasteiger partial charge in [-0.3, -0.25) is 28.6 Å². The molecule has 226 valence electrons. The van der Waals surface area contributed by atoms with Crippen molar-refractivity contribution < 1.29 is 23.6 Å². The summed E-state index contributed by atoms with van der Waals surface area (Å²) in [4.78, 5) is 57.1. The number of piperidine rings is 1. The maximum atomic E-state index is 13.5. The van der Waals surface area contributed by atoms with Gasteiger partial charge in [0.15, 0.2) is 5.58 Å². The number of hydrogen-bond acceptors (Lipinski definition) is 9. The number of amides is 3. The average Bonchev–Trinajstić information content (AvgIpc) is 3.55. The van der Waals surface area contributed by atoms with Gasteiger partial charge in [0.1, 0.15) is 25.2 Å². The molecule has 1 aromatic carbocycles. The highest BCUT2D eigenvalue weighted by atomic mass is 16.5. The molecule has 1 saturated heterocycles. The number of nitrogens with zero attached hydrogens (tertiary/aromatic N) is 5. The van der Waals surface area contributed by atoms with E-state index in [1.807, 2.05) is 19.9 Å². The molecule has 1 unspecified atom stereocenters. The van der Waals surface area contributed by atoms with Gasteiger partial charge in [-0.15, -0.1) is 0 Å². The molecule has 2 aromatic heterocycles. The number of imide groups is 1. The highest BCUT2D eigenvalue weighted by Gasteiger charge is 2.29. The van der Waals surface area contributed by atoms with Crippen molar-refractivity contribution in [2.75, 3.05) is 32.9 Å². The van der Waals surface area contributed by atoms with Crippen LogP contribution in [-0.4, -0.2) is 75.1 Å². The molecular formula is C31H36N6O6. The van der Waals surface area contributed by atoms with E-state index >= 15 is 0 Å². The largest absolute Gasteiger partial charge is 0.356 e. The molecule has 5 heterocycles. The van der Waals surface area contributed by atoms with E-state index in [4.69, 9.17) is 14.2 Å². The van der Waals surface area contributed by atoms with Crippen molar-refractivity contribution in [2.24, 2.45) is 0 Å². The summed E-state index contributed by atoms with van der Waals surface area (Å²) in [5.41, 5.74) is 4.45. The first-order valence-electron chi connectivity index (χ1n) is 14.9. The molecule has 6 rings (SSSR count). The number of rotatable bonds is 9. The third kappa shape index (κ3) is 6.02. The van der Waals surface area contributed by atoms with E-state index in [0.29, 0.717) is 36.8 Å². The maximum Gasteiger partial charge on any atom is 0.257 e. The summed E-state index contributed by atoms with van der Waals surface area (Å²) in [6.07, 6.45) is 5.86. The first-order valence-corrected chi connectivity index (χ1v) is 14.9. The zero-order valence-electron chi connectivity index (χ0n) is 24.5. The number of carbonyl (C=O) groups is 3. The summed E-state index contributed by atoms with van der Waals surface area (Å²) in [5.74, 6) is -0.612. The van der Waals surface area contributed by atoms with Gasteiger partial charge < -0.3 is 19.5 Å². The van der Waals surface area contributed by atoms with E-state index in [1.54, 1.807) is 4.57 Å². The Labute approximate surface area is 248 Å². The van der Waals surface area contributed by atoms with Crippen LogP contribution in [-0.2, 0) is 32.1 Å². The first-order chi connectivity index (χ1) is 20.8. The molecule has 0 aliphatic carbocycles. The molecule has 43 heavy (non-hydrogen) atoms. The summed E-state index contributed by atoms with van der Waals surface area (Å²) in [6, 6.07) is 6.23. The van der Waals surface area contributed by atoms with Crippen molar-refractivity contribution in [1.82, 2.24) is 29.8 Å². The Morgan fingerprint density at radius 3 is 2.60 bits per heavy atom. The average molecular weight is 589 g/mol. The van der Waals surface area contributed by atoms with Crippen molar-refractivity contribution in [3.63, 3.8) is 0 Å². The topological polar surface area (TPSA) is 140 Å². The van der Waals surface area contributed by atoms with Crippen molar-refractivity contribution in [2.45, 2.75) is 64.5 Å². The standard InChI is InChI=1S/C31H36N6O6/c1-19-5-6-23-25(16-19)43-34-29(23)21-9-13-35(14-10-21)15-11-22-20(2)33-30-24(4-3-12-36(30)31(22)41)42-18-32-26(38)17-37-27(39)7-8-28(37)40/h5-8,16,21,24H,3-4,9-15,17-18H2,1-2H3,(H,32,38). The van der Waals surface area contributed by atoms with Crippen LogP contribution in [0.25, 0.3) is 11.0 Å². The molecule has 3 aromatic rings. The number of likely N-dealkylation sites (tertiary alicyclic amines) is 1. The summed E-state index contributed by atoms with van der Waals surface area (Å²) in [5, 5.41) is 8.08. The Bertz CT molecular complexity index is 1630. The molecule has 12 nitrogen and oxygen atoms in total. The highest BCUT2D eigenvalue weighted by molar-refractivity contribution is 6.14. The van der Waals surface area contributed by atoms with Gasteiger partial charge in [0, 0.05) is 47.8 Å². The summed E-state index contributed by atoms with van der Waals surface area (Å²) in [6.45, 7) is 6.64. The first kappa shape index (κ1) is 28.9. The Balaban J connectivity index is 1.03. The Morgan fingerprint density at radius 2 is 1.84 bits per heavy atom. The van der Waals surface area contributed by atoms with Gasteiger partial charge in [-0.2, -0.15) is 0 Å². The van der Waals surface area contributed by atoms with Crippen molar-refractivity contribution in [1.29, 1.82) is 0 Å².